The molecular formula is C43H38F12N2O9. The molecule has 0 atom stereocenters. The van der Waals surface area contributed by atoms with E-state index in [1.54, 1.807) is 19.2 Å². The number of carbonyl (C=O) groups is 4. The number of ether oxygens (including phenoxy) is 1. The van der Waals surface area contributed by atoms with E-state index in [4.69, 9.17) is 4.74 Å². The first kappa shape index (κ1) is 52.3. The number of aliphatic hydroxyl groups is 2. The van der Waals surface area contributed by atoms with Crippen LogP contribution in [0.15, 0.2) is 60.7 Å². The molecule has 0 saturated heterocycles. The van der Waals surface area contributed by atoms with Crippen molar-refractivity contribution in [3.05, 3.63) is 111 Å². The molecule has 0 aromatic heterocycles. The number of aryl methyl sites for hydroxylation is 2. The fourth-order valence-electron chi connectivity index (χ4n) is 6.84. The first-order chi connectivity index (χ1) is 29.8. The van der Waals surface area contributed by atoms with Crippen LogP contribution in [0.2, 0.25) is 0 Å². The van der Waals surface area contributed by atoms with Crippen LogP contribution >= 0.6 is 0 Å². The fourth-order valence-corrected chi connectivity index (χ4v) is 6.84. The van der Waals surface area contributed by atoms with Gasteiger partial charge in [0.2, 0.25) is 0 Å². The highest BCUT2D eigenvalue weighted by molar-refractivity contribution is 6.11. The van der Waals surface area contributed by atoms with Gasteiger partial charge in [-0.2, -0.15) is 52.7 Å². The van der Waals surface area contributed by atoms with Crippen molar-refractivity contribution in [2.45, 2.75) is 95.8 Å². The zero-order valence-corrected chi connectivity index (χ0v) is 35.2. The van der Waals surface area contributed by atoms with Gasteiger partial charge in [0.25, 0.3) is 23.0 Å². The molecular weight excluding hydrogens is 916 g/mol. The summed E-state index contributed by atoms with van der Waals surface area (Å²) in [5, 5.41) is 45.0. The average Bonchev–Trinajstić information content (AvgIpc) is 3.14. The summed E-state index contributed by atoms with van der Waals surface area (Å²) in [6, 6.07) is 6.00. The third-order valence-corrected chi connectivity index (χ3v) is 10.1. The van der Waals surface area contributed by atoms with Crippen LogP contribution in [0.5, 0.6) is 11.5 Å². The summed E-state index contributed by atoms with van der Waals surface area (Å²) >= 11 is 0. The number of halogens is 12. The van der Waals surface area contributed by atoms with Crippen molar-refractivity contribution in [1.29, 1.82) is 0 Å². The molecule has 11 nitrogen and oxygen atoms in total. The number of nitrogens with one attached hydrogen (secondary N) is 2. The highest BCUT2D eigenvalue weighted by Gasteiger charge is 2.73. The van der Waals surface area contributed by atoms with Crippen molar-refractivity contribution in [2.75, 3.05) is 5.32 Å². The lowest BCUT2D eigenvalue weighted by Crippen LogP contribution is -2.55. The number of anilines is 1. The van der Waals surface area contributed by atoms with Crippen LogP contribution < -0.4 is 15.4 Å². The van der Waals surface area contributed by atoms with Gasteiger partial charge in [-0.3, -0.25) is 9.59 Å². The largest absolute Gasteiger partial charge is 0.478 e. The molecule has 0 aliphatic carbocycles. The molecule has 0 bridgehead atoms. The second kappa shape index (κ2) is 17.5. The van der Waals surface area contributed by atoms with Crippen LogP contribution in [0, 0.1) is 13.8 Å². The average molecular weight is 955 g/mol. The molecule has 0 unspecified atom stereocenters. The fraction of sp³-hybridized carbons (Fsp3) is 0.349. The van der Waals surface area contributed by atoms with Crippen LogP contribution in [-0.4, -0.2) is 74.9 Å². The lowest BCUT2D eigenvalue weighted by molar-refractivity contribution is -0.376. The molecule has 2 amide bonds. The third-order valence-electron chi connectivity index (χ3n) is 10.1. The number of alkyl halides is 12. The molecule has 0 spiro atoms. The maximum absolute atomic E-state index is 14.6. The maximum atomic E-state index is 14.6. The molecule has 0 fully saturated rings. The van der Waals surface area contributed by atoms with E-state index in [9.17, 15) is 92.3 Å². The number of carboxylic acid groups (broad SMARTS) is 2. The lowest BCUT2D eigenvalue weighted by atomic mass is 9.75. The Morgan fingerprint density at radius 3 is 1.29 bits per heavy atom. The van der Waals surface area contributed by atoms with E-state index in [-0.39, 0.29) is 29.0 Å². The van der Waals surface area contributed by atoms with Gasteiger partial charge in [-0.1, -0.05) is 26.8 Å². The van der Waals surface area contributed by atoms with Crippen LogP contribution in [-0.2, 0) is 16.6 Å². The van der Waals surface area contributed by atoms with Gasteiger partial charge in [0.05, 0.1) is 22.3 Å². The predicted octanol–water partition coefficient (Wildman–Crippen LogP) is 10.5. The summed E-state index contributed by atoms with van der Waals surface area (Å²) < 4.78 is 179. The zero-order valence-electron chi connectivity index (χ0n) is 35.2. The lowest BCUT2D eigenvalue weighted by Gasteiger charge is -2.37. The quantitative estimate of drug-likeness (QED) is 0.0797. The number of benzene rings is 4. The minimum atomic E-state index is -6.72. The molecule has 4 aromatic carbocycles. The van der Waals surface area contributed by atoms with Crippen molar-refractivity contribution in [1.82, 2.24) is 5.32 Å². The van der Waals surface area contributed by atoms with Crippen molar-refractivity contribution in [3.8, 4) is 22.6 Å². The molecule has 0 heterocycles. The summed E-state index contributed by atoms with van der Waals surface area (Å²) in [4.78, 5) is 50.5. The van der Waals surface area contributed by atoms with Gasteiger partial charge in [-0.05, 0) is 116 Å². The summed E-state index contributed by atoms with van der Waals surface area (Å²) in [7, 11) is 0. The second-order valence-corrected chi connectivity index (χ2v) is 16.3. The van der Waals surface area contributed by atoms with Crippen molar-refractivity contribution in [2.24, 2.45) is 0 Å². The van der Waals surface area contributed by atoms with Gasteiger partial charge in [0, 0.05) is 22.9 Å². The van der Waals surface area contributed by atoms with E-state index < -0.39 is 133 Å². The van der Waals surface area contributed by atoms with Gasteiger partial charge in [-0.25, -0.2) is 9.59 Å². The molecule has 6 N–H and O–H groups in total. The van der Waals surface area contributed by atoms with Crippen molar-refractivity contribution < 1.29 is 97.0 Å². The molecule has 0 radical (unpaired) electrons. The smallest absolute Gasteiger partial charge is 0.430 e. The Kier molecular flexibility index (Phi) is 13.8. The Balaban J connectivity index is 1.96. The standard InChI is InChI=1S/C43H38F12N2O9/c1-18(2)56-33(58)23-10-8-21(14-27(23)35(60)61)66-22-9-11-24(28(15-22)36(62)63)34(59)57-32-13-20(4)26(17-31(32)39(65,42(50,51)52)43(53,54)55)25-16-30(29(12-19(25)3)37(5,6)7)38(64,40(44,45)46)41(47,48)49/h8-18,64-65H,1-7H3,(H,56,58)(H,57,59)(H,60,61)(H,62,63). The summed E-state index contributed by atoms with van der Waals surface area (Å²) in [6.07, 6.45) is -26.4. The third kappa shape index (κ3) is 9.76. The highest BCUT2D eigenvalue weighted by atomic mass is 19.4. The molecule has 0 aliphatic rings. The molecule has 0 saturated carbocycles. The number of rotatable bonds is 11. The van der Waals surface area contributed by atoms with Crippen LogP contribution in [0.3, 0.4) is 0 Å². The number of amides is 2. The first-order valence-electron chi connectivity index (χ1n) is 18.9. The number of hydrogen-bond donors (Lipinski definition) is 6. The van der Waals surface area contributed by atoms with Gasteiger partial charge >= 0.3 is 36.6 Å². The van der Waals surface area contributed by atoms with Gasteiger partial charge in [-0.15, -0.1) is 0 Å². The normalized spacial score (nSPS) is 13.1. The Morgan fingerprint density at radius 2 is 0.909 bits per heavy atom. The van der Waals surface area contributed by atoms with Gasteiger partial charge in [0.1, 0.15) is 11.5 Å². The van der Waals surface area contributed by atoms with E-state index in [0.29, 0.717) is 18.2 Å². The van der Waals surface area contributed by atoms with Gasteiger partial charge < -0.3 is 35.8 Å². The van der Waals surface area contributed by atoms with E-state index in [0.717, 1.165) is 65.0 Å². The molecule has 0 aliphatic heterocycles. The highest BCUT2D eigenvalue weighted by Crippen LogP contribution is 2.56. The van der Waals surface area contributed by atoms with Crippen molar-refractivity contribution in [3.63, 3.8) is 0 Å². The molecule has 4 rings (SSSR count). The van der Waals surface area contributed by atoms with E-state index in [1.165, 1.54) is 0 Å². The molecule has 4 aromatic rings. The Bertz CT molecular complexity index is 2560. The van der Waals surface area contributed by atoms with E-state index in [1.807, 2.05) is 0 Å². The Morgan fingerprint density at radius 1 is 0.530 bits per heavy atom. The number of carbonyl (C=O) groups excluding carboxylic acids is 2. The van der Waals surface area contributed by atoms with Gasteiger partial charge in [0.15, 0.2) is 0 Å². The van der Waals surface area contributed by atoms with Crippen LogP contribution in [0.4, 0.5) is 58.4 Å². The predicted molar refractivity (Wildman–Crippen MR) is 209 cm³/mol. The zero-order chi connectivity index (χ0) is 50.7. The Labute approximate surface area is 366 Å². The Hall–Kier alpha value is -6.36. The first-order valence-corrected chi connectivity index (χ1v) is 18.9. The van der Waals surface area contributed by atoms with Crippen molar-refractivity contribution >= 4 is 29.4 Å². The SMILES string of the molecule is Cc1cc(NC(=O)c2ccc(Oc3ccc(C(=O)NC(C)C)c(C(=O)O)c3)cc2C(=O)O)c(C(O)(C(F)(F)F)C(F)(F)F)cc1-c1cc(C(O)(C(F)(F)F)C(F)(F)F)c(C(C)(C)C)cc1C. The monoisotopic (exact) mass is 954 g/mol. The molecule has 23 heteroatoms. The molecule has 358 valence electrons. The number of hydrogen-bond acceptors (Lipinski definition) is 7. The summed E-state index contributed by atoms with van der Waals surface area (Å²) in [5.74, 6) is -6.74. The topological polar surface area (TPSA) is 182 Å². The minimum absolute atomic E-state index is 0.0762. The summed E-state index contributed by atoms with van der Waals surface area (Å²) in [6.45, 7) is 8.64. The minimum Gasteiger partial charge on any atom is -0.478 e. The van der Waals surface area contributed by atoms with Crippen LogP contribution in [0.25, 0.3) is 11.1 Å². The summed E-state index contributed by atoms with van der Waals surface area (Å²) in [5.41, 5.74) is -25.1. The van der Waals surface area contributed by atoms with E-state index >= 15 is 0 Å². The number of aromatic carboxylic acids is 2. The molecule has 66 heavy (non-hydrogen) atoms. The second-order valence-electron chi connectivity index (χ2n) is 16.3. The maximum Gasteiger partial charge on any atom is 0.430 e. The van der Waals surface area contributed by atoms with Crippen LogP contribution in [0.1, 0.15) is 104 Å². The van der Waals surface area contributed by atoms with E-state index in [2.05, 4.69) is 5.32 Å². The number of carboxylic acids is 2.